The van der Waals surface area contributed by atoms with Crippen molar-refractivity contribution >= 4 is 5.91 Å². The standard InChI is InChI=1S/C16H19N3O/c1-19(12-9-13-7-10-18-11-8-13)16(20)15(17)14-5-3-2-4-6-14/h2-8,10-11,15H,9,12,17H2,1H3/t15-/m1/s1. The lowest BCUT2D eigenvalue weighted by Gasteiger charge is -2.21. The number of rotatable bonds is 5. The molecule has 0 aliphatic heterocycles. The van der Waals surface area contributed by atoms with Crippen molar-refractivity contribution in [2.24, 2.45) is 5.73 Å². The number of likely N-dealkylation sites (N-methyl/N-ethyl adjacent to an activating group) is 1. The van der Waals surface area contributed by atoms with Gasteiger partial charge in [-0.1, -0.05) is 30.3 Å². The molecule has 0 bridgehead atoms. The van der Waals surface area contributed by atoms with Crippen LogP contribution >= 0.6 is 0 Å². The summed E-state index contributed by atoms with van der Waals surface area (Å²) < 4.78 is 0. The summed E-state index contributed by atoms with van der Waals surface area (Å²) >= 11 is 0. The molecular weight excluding hydrogens is 250 g/mol. The molecule has 4 nitrogen and oxygen atoms in total. The topological polar surface area (TPSA) is 59.2 Å². The Morgan fingerprint density at radius 2 is 1.85 bits per heavy atom. The van der Waals surface area contributed by atoms with Crippen molar-refractivity contribution in [2.75, 3.05) is 13.6 Å². The number of carbonyl (C=O) groups is 1. The molecule has 1 aromatic carbocycles. The summed E-state index contributed by atoms with van der Waals surface area (Å²) in [7, 11) is 1.78. The Morgan fingerprint density at radius 1 is 1.20 bits per heavy atom. The van der Waals surface area contributed by atoms with Gasteiger partial charge in [-0.2, -0.15) is 0 Å². The predicted octanol–water partition coefficient (Wildman–Crippen LogP) is 1.78. The van der Waals surface area contributed by atoms with E-state index in [0.717, 1.165) is 17.5 Å². The highest BCUT2D eigenvalue weighted by atomic mass is 16.2. The van der Waals surface area contributed by atoms with E-state index >= 15 is 0 Å². The Kier molecular flexibility index (Phi) is 4.85. The van der Waals surface area contributed by atoms with Crippen LogP contribution in [0.15, 0.2) is 54.9 Å². The van der Waals surface area contributed by atoms with Crippen molar-refractivity contribution in [1.29, 1.82) is 0 Å². The first-order valence-corrected chi connectivity index (χ1v) is 6.63. The molecule has 0 saturated carbocycles. The smallest absolute Gasteiger partial charge is 0.243 e. The molecule has 1 heterocycles. The summed E-state index contributed by atoms with van der Waals surface area (Å²) in [5, 5.41) is 0. The van der Waals surface area contributed by atoms with E-state index in [1.165, 1.54) is 0 Å². The third-order valence-corrected chi connectivity index (χ3v) is 3.29. The van der Waals surface area contributed by atoms with Crippen LogP contribution in [0.25, 0.3) is 0 Å². The van der Waals surface area contributed by atoms with Gasteiger partial charge in [-0.3, -0.25) is 9.78 Å². The minimum Gasteiger partial charge on any atom is -0.344 e. The fourth-order valence-electron chi connectivity index (χ4n) is 2.00. The van der Waals surface area contributed by atoms with Gasteiger partial charge in [-0.15, -0.1) is 0 Å². The summed E-state index contributed by atoms with van der Waals surface area (Å²) in [4.78, 5) is 17.9. The number of nitrogens with two attached hydrogens (primary N) is 1. The van der Waals surface area contributed by atoms with E-state index in [2.05, 4.69) is 4.98 Å². The normalized spacial score (nSPS) is 11.9. The second-order valence-electron chi connectivity index (χ2n) is 4.75. The fourth-order valence-corrected chi connectivity index (χ4v) is 2.00. The second kappa shape index (κ2) is 6.82. The number of hydrogen-bond acceptors (Lipinski definition) is 3. The highest BCUT2D eigenvalue weighted by molar-refractivity contribution is 5.82. The maximum atomic E-state index is 12.3. The molecular formula is C16H19N3O. The Bertz CT molecular complexity index is 542. The molecule has 20 heavy (non-hydrogen) atoms. The van der Waals surface area contributed by atoms with Gasteiger partial charge < -0.3 is 10.6 Å². The van der Waals surface area contributed by atoms with Crippen LogP contribution < -0.4 is 5.73 Å². The number of nitrogens with zero attached hydrogens (tertiary/aromatic N) is 2. The summed E-state index contributed by atoms with van der Waals surface area (Å²) in [5.74, 6) is -0.0646. The third kappa shape index (κ3) is 3.65. The van der Waals surface area contributed by atoms with E-state index in [4.69, 9.17) is 5.73 Å². The summed E-state index contributed by atoms with van der Waals surface area (Å²) in [6.45, 7) is 0.642. The number of aromatic nitrogens is 1. The lowest BCUT2D eigenvalue weighted by molar-refractivity contribution is -0.131. The van der Waals surface area contributed by atoms with Gasteiger partial charge in [0.25, 0.3) is 0 Å². The molecule has 1 atom stereocenters. The quantitative estimate of drug-likeness (QED) is 0.900. The number of carbonyl (C=O) groups excluding carboxylic acids is 1. The molecule has 4 heteroatoms. The molecule has 0 radical (unpaired) electrons. The zero-order valence-corrected chi connectivity index (χ0v) is 11.6. The molecule has 1 amide bonds. The van der Waals surface area contributed by atoms with Gasteiger partial charge in [0.15, 0.2) is 0 Å². The molecule has 104 valence electrons. The maximum Gasteiger partial charge on any atom is 0.243 e. The Balaban J connectivity index is 1.92. The number of pyridine rings is 1. The van der Waals surface area contributed by atoms with Gasteiger partial charge in [0.1, 0.15) is 6.04 Å². The summed E-state index contributed by atoms with van der Waals surface area (Å²) in [6, 6.07) is 12.7. The molecule has 0 saturated heterocycles. The monoisotopic (exact) mass is 269 g/mol. The zero-order valence-electron chi connectivity index (χ0n) is 11.6. The van der Waals surface area contributed by atoms with Gasteiger partial charge >= 0.3 is 0 Å². The van der Waals surface area contributed by atoms with E-state index in [9.17, 15) is 4.79 Å². The number of benzene rings is 1. The van der Waals surface area contributed by atoms with Crippen LogP contribution in [0.1, 0.15) is 17.2 Å². The van der Waals surface area contributed by atoms with Crippen molar-refractivity contribution in [3.05, 3.63) is 66.0 Å². The van der Waals surface area contributed by atoms with Crippen molar-refractivity contribution in [3.63, 3.8) is 0 Å². The first-order valence-electron chi connectivity index (χ1n) is 6.63. The highest BCUT2D eigenvalue weighted by Gasteiger charge is 2.19. The fraction of sp³-hybridized carbons (Fsp3) is 0.250. The van der Waals surface area contributed by atoms with Crippen LogP contribution in [0, 0.1) is 0 Å². The molecule has 2 N–H and O–H groups in total. The van der Waals surface area contributed by atoms with Crippen LogP contribution in [0.5, 0.6) is 0 Å². The lowest BCUT2D eigenvalue weighted by atomic mass is 10.1. The Labute approximate surface area is 119 Å². The number of hydrogen-bond donors (Lipinski definition) is 1. The highest BCUT2D eigenvalue weighted by Crippen LogP contribution is 2.12. The van der Waals surface area contributed by atoms with Crippen LogP contribution in [0.4, 0.5) is 0 Å². The zero-order chi connectivity index (χ0) is 14.4. The minimum atomic E-state index is -0.598. The molecule has 0 fully saturated rings. The van der Waals surface area contributed by atoms with Crippen molar-refractivity contribution < 1.29 is 4.79 Å². The molecule has 0 unspecified atom stereocenters. The number of amides is 1. The molecule has 0 spiro atoms. The van der Waals surface area contributed by atoms with E-state index in [1.807, 2.05) is 42.5 Å². The van der Waals surface area contributed by atoms with Crippen LogP contribution in [-0.2, 0) is 11.2 Å². The maximum absolute atomic E-state index is 12.3. The molecule has 2 aromatic rings. The van der Waals surface area contributed by atoms with Gasteiger partial charge in [-0.05, 0) is 29.7 Å². The molecule has 1 aromatic heterocycles. The first kappa shape index (κ1) is 14.2. The van der Waals surface area contributed by atoms with Gasteiger partial charge in [0.05, 0.1) is 0 Å². The van der Waals surface area contributed by atoms with Crippen LogP contribution in [-0.4, -0.2) is 29.4 Å². The largest absolute Gasteiger partial charge is 0.344 e. The second-order valence-corrected chi connectivity index (χ2v) is 4.75. The van der Waals surface area contributed by atoms with Gasteiger partial charge in [0.2, 0.25) is 5.91 Å². The van der Waals surface area contributed by atoms with E-state index in [0.29, 0.717) is 6.54 Å². The average molecular weight is 269 g/mol. The first-order chi connectivity index (χ1) is 9.68. The predicted molar refractivity (Wildman–Crippen MR) is 78.9 cm³/mol. The minimum absolute atomic E-state index is 0.0646. The van der Waals surface area contributed by atoms with E-state index in [1.54, 1.807) is 24.3 Å². The van der Waals surface area contributed by atoms with Crippen LogP contribution in [0.2, 0.25) is 0 Å². The van der Waals surface area contributed by atoms with Crippen molar-refractivity contribution in [3.8, 4) is 0 Å². The van der Waals surface area contributed by atoms with E-state index in [-0.39, 0.29) is 5.91 Å². The van der Waals surface area contributed by atoms with Gasteiger partial charge in [0, 0.05) is 26.0 Å². The molecule has 2 rings (SSSR count). The SMILES string of the molecule is CN(CCc1ccncc1)C(=O)[C@H](N)c1ccccc1. The Hall–Kier alpha value is -2.20. The van der Waals surface area contributed by atoms with Crippen molar-refractivity contribution in [2.45, 2.75) is 12.5 Å². The Morgan fingerprint density at radius 3 is 2.50 bits per heavy atom. The average Bonchev–Trinajstić information content (AvgIpc) is 2.53. The summed E-state index contributed by atoms with van der Waals surface area (Å²) in [5.41, 5.74) is 8.01. The van der Waals surface area contributed by atoms with E-state index < -0.39 is 6.04 Å². The van der Waals surface area contributed by atoms with Crippen molar-refractivity contribution in [1.82, 2.24) is 9.88 Å². The molecule has 0 aliphatic rings. The molecule has 0 aliphatic carbocycles. The van der Waals surface area contributed by atoms with Gasteiger partial charge in [-0.25, -0.2) is 0 Å². The van der Waals surface area contributed by atoms with Crippen LogP contribution in [0.3, 0.4) is 0 Å². The lowest BCUT2D eigenvalue weighted by Crippen LogP contribution is -2.37. The summed E-state index contributed by atoms with van der Waals surface area (Å²) in [6.07, 6.45) is 4.31. The third-order valence-electron chi connectivity index (χ3n) is 3.29.